The van der Waals surface area contributed by atoms with Crippen molar-refractivity contribution in [1.29, 1.82) is 0 Å². The molecule has 10 nitrogen and oxygen atoms in total. The largest absolute Gasteiger partial charge is 0.388 e. The third-order valence-electron chi connectivity index (χ3n) is 5.67. The van der Waals surface area contributed by atoms with Crippen LogP contribution in [0.2, 0.25) is 0 Å². The molecule has 0 aliphatic carbocycles. The van der Waals surface area contributed by atoms with Gasteiger partial charge in [-0.3, -0.25) is 0 Å². The van der Waals surface area contributed by atoms with Gasteiger partial charge in [-0.25, -0.2) is 0 Å². The average molecular weight is 424 g/mol. The van der Waals surface area contributed by atoms with Crippen molar-refractivity contribution in [3.8, 4) is 0 Å². The van der Waals surface area contributed by atoms with Crippen molar-refractivity contribution in [1.82, 2.24) is 0 Å². The second-order valence-electron chi connectivity index (χ2n) is 7.93. The molecule has 0 amide bonds. The number of ether oxygens (including phenoxy) is 4. The number of hydrogen-bond donors (Lipinski definition) is 6. The fraction of sp³-hybridized carbons (Fsp3) is 1.00. The number of rotatable bonds is 9. The molecule has 0 aromatic rings. The third kappa shape index (κ3) is 6.07. The molecule has 2 saturated heterocycles. The maximum atomic E-state index is 10.2. The molecule has 2 aliphatic heterocycles. The number of aliphatic hydroxyl groups is 6. The lowest BCUT2D eigenvalue weighted by Gasteiger charge is -2.42. The van der Waals surface area contributed by atoms with Crippen LogP contribution >= 0.6 is 0 Å². The van der Waals surface area contributed by atoms with E-state index in [-0.39, 0.29) is 12.5 Å². The Morgan fingerprint density at radius 2 is 1.34 bits per heavy atom. The van der Waals surface area contributed by atoms with Crippen LogP contribution < -0.4 is 0 Å². The van der Waals surface area contributed by atoms with Gasteiger partial charge in [0.25, 0.3) is 0 Å². The van der Waals surface area contributed by atoms with Crippen LogP contribution in [0.25, 0.3) is 0 Å². The molecule has 0 aromatic carbocycles. The molecule has 2 fully saturated rings. The Kier molecular flexibility index (Phi) is 9.68. The van der Waals surface area contributed by atoms with Crippen molar-refractivity contribution in [3.05, 3.63) is 0 Å². The van der Waals surface area contributed by atoms with E-state index in [1.54, 1.807) is 0 Å². The first-order chi connectivity index (χ1) is 13.7. The van der Waals surface area contributed by atoms with Crippen LogP contribution in [0.4, 0.5) is 0 Å². The van der Waals surface area contributed by atoms with Crippen molar-refractivity contribution in [2.75, 3.05) is 13.2 Å². The van der Waals surface area contributed by atoms with Crippen LogP contribution in [0.15, 0.2) is 0 Å². The molecular weight excluding hydrogens is 388 g/mol. The summed E-state index contributed by atoms with van der Waals surface area (Å²) < 4.78 is 22.0. The SMILES string of the molecule is CCCC(CC)CO[C@@H]1O[C@H](CO[C@@H]2O[C@@H](C)[C@H](O)[C@@H](O)[C@H]2O)[C@@H](O)[C@H](O)[C@H]1O. The third-order valence-corrected chi connectivity index (χ3v) is 5.67. The van der Waals surface area contributed by atoms with Gasteiger partial charge in [-0.1, -0.05) is 26.7 Å². The van der Waals surface area contributed by atoms with Gasteiger partial charge in [-0.15, -0.1) is 0 Å². The molecule has 29 heavy (non-hydrogen) atoms. The van der Waals surface area contributed by atoms with Crippen molar-refractivity contribution >= 4 is 0 Å². The van der Waals surface area contributed by atoms with Crippen LogP contribution in [0, 0.1) is 5.92 Å². The van der Waals surface area contributed by atoms with Crippen LogP contribution in [-0.2, 0) is 18.9 Å². The summed E-state index contributed by atoms with van der Waals surface area (Å²) >= 11 is 0. The van der Waals surface area contributed by atoms with Crippen molar-refractivity contribution in [2.24, 2.45) is 5.92 Å². The molecule has 10 heteroatoms. The van der Waals surface area contributed by atoms with E-state index in [0.29, 0.717) is 6.61 Å². The van der Waals surface area contributed by atoms with Gasteiger partial charge in [0.05, 0.1) is 19.3 Å². The molecule has 11 atom stereocenters. The van der Waals surface area contributed by atoms with Crippen LogP contribution in [-0.4, -0.2) is 105 Å². The average Bonchev–Trinajstić information content (AvgIpc) is 2.71. The highest BCUT2D eigenvalue weighted by atomic mass is 16.7. The quantitative estimate of drug-likeness (QED) is 0.257. The first-order valence-corrected chi connectivity index (χ1v) is 10.3. The normalized spacial score (nSPS) is 44.6. The second-order valence-corrected chi connectivity index (χ2v) is 7.93. The van der Waals surface area contributed by atoms with E-state index in [1.165, 1.54) is 6.92 Å². The van der Waals surface area contributed by atoms with Gasteiger partial charge >= 0.3 is 0 Å². The standard InChI is InChI=1S/C19H36O10/c1-4-6-10(5-2)7-26-19-17(25)15(23)13(21)11(29-19)8-27-18-16(24)14(22)12(20)9(3)28-18/h9-25H,4-8H2,1-3H3/t9-,10?,11+,12-,13+,14+,15-,16+,17+,18+,19+/m0/s1. The Balaban J connectivity index is 1.93. The zero-order chi connectivity index (χ0) is 21.7. The highest BCUT2D eigenvalue weighted by Crippen LogP contribution is 2.26. The Morgan fingerprint density at radius 1 is 0.759 bits per heavy atom. The maximum absolute atomic E-state index is 10.2. The predicted octanol–water partition coefficient (Wildman–Crippen LogP) is -1.52. The molecule has 0 bridgehead atoms. The molecule has 0 radical (unpaired) electrons. The van der Waals surface area contributed by atoms with E-state index in [4.69, 9.17) is 18.9 Å². The lowest BCUT2D eigenvalue weighted by Crippen LogP contribution is -2.61. The van der Waals surface area contributed by atoms with Crippen molar-refractivity contribution in [2.45, 2.75) is 101 Å². The van der Waals surface area contributed by atoms with E-state index in [0.717, 1.165) is 19.3 Å². The minimum Gasteiger partial charge on any atom is -0.388 e. The lowest BCUT2D eigenvalue weighted by molar-refractivity contribution is -0.329. The van der Waals surface area contributed by atoms with Gasteiger partial charge in [-0.2, -0.15) is 0 Å². The topological polar surface area (TPSA) is 158 Å². The Hall–Kier alpha value is -0.400. The first-order valence-electron chi connectivity index (χ1n) is 10.3. The van der Waals surface area contributed by atoms with E-state index in [2.05, 4.69) is 6.92 Å². The predicted molar refractivity (Wildman–Crippen MR) is 99.6 cm³/mol. The molecule has 0 spiro atoms. The summed E-state index contributed by atoms with van der Waals surface area (Å²) in [5.41, 5.74) is 0. The molecule has 0 aromatic heterocycles. The smallest absolute Gasteiger partial charge is 0.186 e. The zero-order valence-electron chi connectivity index (χ0n) is 17.2. The summed E-state index contributed by atoms with van der Waals surface area (Å²) in [5, 5.41) is 60.1. The van der Waals surface area contributed by atoms with Crippen LogP contribution in [0.5, 0.6) is 0 Å². The fourth-order valence-corrected chi connectivity index (χ4v) is 3.58. The molecule has 2 aliphatic rings. The van der Waals surface area contributed by atoms with E-state index in [9.17, 15) is 30.6 Å². The Morgan fingerprint density at radius 3 is 1.93 bits per heavy atom. The lowest BCUT2D eigenvalue weighted by atomic mass is 9.98. The Bertz CT molecular complexity index is 480. The fourth-order valence-electron chi connectivity index (χ4n) is 3.58. The Labute approximate surface area is 171 Å². The van der Waals surface area contributed by atoms with Gasteiger partial charge in [0.2, 0.25) is 0 Å². The van der Waals surface area contributed by atoms with Gasteiger partial charge in [0.1, 0.15) is 42.7 Å². The first kappa shape index (κ1) is 24.9. The molecule has 1 unspecified atom stereocenters. The second kappa shape index (κ2) is 11.3. The molecule has 2 heterocycles. The van der Waals surface area contributed by atoms with Crippen LogP contribution in [0.1, 0.15) is 40.0 Å². The molecular formula is C19H36O10. The molecule has 172 valence electrons. The summed E-state index contributed by atoms with van der Waals surface area (Å²) in [6.07, 6.45) is -9.95. The van der Waals surface area contributed by atoms with Gasteiger partial charge in [-0.05, 0) is 19.3 Å². The highest BCUT2D eigenvalue weighted by molar-refractivity contribution is 4.91. The summed E-state index contributed by atoms with van der Waals surface area (Å²) in [5.74, 6) is 0.287. The van der Waals surface area contributed by atoms with Gasteiger partial charge < -0.3 is 49.6 Å². The van der Waals surface area contributed by atoms with E-state index < -0.39 is 61.4 Å². The summed E-state index contributed by atoms with van der Waals surface area (Å²) in [4.78, 5) is 0. The minimum atomic E-state index is -1.50. The van der Waals surface area contributed by atoms with E-state index in [1.807, 2.05) is 6.92 Å². The van der Waals surface area contributed by atoms with Crippen molar-refractivity contribution < 1.29 is 49.6 Å². The van der Waals surface area contributed by atoms with Crippen LogP contribution in [0.3, 0.4) is 0 Å². The van der Waals surface area contributed by atoms with Gasteiger partial charge in [0, 0.05) is 0 Å². The molecule has 2 rings (SSSR count). The highest BCUT2D eigenvalue weighted by Gasteiger charge is 2.46. The molecule has 0 saturated carbocycles. The minimum absolute atomic E-state index is 0.287. The summed E-state index contributed by atoms with van der Waals surface area (Å²) in [6.45, 7) is 5.68. The maximum Gasteiger partial charge on any atom is 0.186 e. The zero-order valence-corrected chi connectivity index (χ0v) is 17.2. The summed E-state index contributed by atoms with van der Waals surface area (Å²) in [7, 11) is 0. The summed E-state index contributed by atoms with van der Waals surface area (Å²) in [6, 6.07) is 0. The van der Waals surface area contributed by atoms with Crippen molar-refractivity contribution in [3.63, 3.8) is 0 Å². The molecule has 6 N–H and O–H groups in total. The number of hydrogen-bond acceptors (Lipinski definition) is 10. The number of aliphatic hydroxyl groups excluding tert-OH is 6. The monoisotopic (exact) mass is 424 g/mol. The van der Waals surface area contributed by atoms with E-state index >= 15 is 0 Å². The van der Waals surface area contributed by atoms with Gasteiger partial charge in [0.15, 0.2) is 12.6 Å².